The molecule has 0 aromatic heterocycles. The van der Waals surface area contributed by atoms with Crippen molar-refractivity contribution in [1.29, 1.82) is 0 Å². The van der Waals surface area contributed by atoms with Crippen LogP contribution in [0.3, 0.4) is 0 Å². The van der Waals surface area contributed by atoms with Gasteiger partial charge >= 0.3 is 6.03 Å². The summed E-state index contributed by atoms with van der Waals surface area (Å²) in [5.41, 5.74) is -0.385. The van der Waals surface area contributed by atoms with E-state index in [1.54, 1.807) is 0 Å². The molecule has 3 rings (SSSR count). The van der Waals surface area contributed by atoms with Crippen molar-refractivity contribution >= 4 is 11.9 Å². The minimum Gasteiger partial charge on any atom is -0.381 e. The molecular weight excluding hydrogens is 334 g/mol. The lowest BCUT2D eigenvalue weighted by atomic mass is 9.87. The van der Waals surface area contributed by atoms with Crippen molar-refractivity contribution in [3.05, 3.63) is 0 Å². The van der Waals surface area contributed by atoms with E-state index in [4.69, 9.17) is 9.47 Å². The summed E-state index contributed by atoms with van der Waals surface area (Å²) in [5, 5.41) is 2.93. The van der Waals surface area contributed by atoms with Crippen molar-refractivity contribution in [2.75, 3.05) is 52.5 Å². The zero-order chi connectivity index (χ0) is 18.4. The Hall–Kier alpha value is -1.34. The molecule has 3 saturated heterocycles. The van der Waals surface area contributed by atoms with Crippen molar-refractivity contribution in [3.63, 3.8) is 0 Å². The maximum absolute atomic E-state index is 12.8. The summed E-state index contributed by atoms with van der Waals surface area (Å²) >= 11 is 0. The smallest absolute Gasteiger partial charge is 0.317 e. The second kappa shape index (κ2) is 9.04. The van der Waals surface area contributed by atoms with Gasteiger partial charge in [-0.15, -0.1) is 0 Å². The quantitative estimate of drug-likeness (QED) is 0.801. The van der Waals surface area contributed by atoms with Crippen LogP contribution in [0.25, 0.3) is 0 Å². The monoisotopic (exact) mass is 367 g/mol. The lowest BCUT2D eigenvalue weighted by Crippen LogP contribution is -2.51. The standard InChI is InChI=1S/C19H33N3O4/c1-2-7-20-18(24)22-9-5-19(6-10-22)14-17(23)21(11-13-26-19)8-3-16-4-12-25-15-16/h16H,2-15H2,1H3,(H,20,24). The van der Waals surface area contributed by atoms with E-state index in [1.165, 1.54) is 0 Å². The number of likely N-dealkylation sites (tertiary alicyclic amines) is 1. The van der Waals surface area contributed by atoms with Crippen molar-refractivity contribution < 1.29 is 19.1 Å². The van der Waals surface area contributed by atoms with Crippen LogP contribution in [0.5, 0.6) is 0 Å². The van der Waals surface area contributed by atoms with E-state index in [-0.39, 0.29) is 17.5 Å². The number of hydrogen-bond donors (Lipinski definition) is 1. The Morgan fingerprint density at radius 1 is 1.27 bits per heavy atom. The Labute approximate surface area is 156 Å². The number of carbonyl (C=O) groups is 2. The van der Waals surface area contributed by atoms with Gasteiger partial charge in [0.1, 0.15) is 0 Å². The summed E-state index contributed by atoms with van der Waals surface area (Å²) < 4.78 is 11.6. The molecule has 0 aromatic rings. The molecule has 0 aliphatic carbocycles. The molecule has 1 N–H and O–H groups in total. The van der Waals surface area contributed by atoms with Crippen molar-refractivity contribution in [2.45, 2.75) is 51.0 Å². The molecule has 1 spiro atoms. The molecule has 3 fully saturated rings. The molecule has 3 heterocycles. The lowest BCUT2D eigenvalue weighted by Gasteiger charge is -2.40. The zero-order valence-electron chi connectivity index (χ0n) is 16.0. The maximum atomic E-state index is 12.8. The Kier molecular flexibility index (Phi) is 6.75. The largest absolute Gasteiger partial charge is 0.381 e. The third-order valence-corrected chi connectivity index (χ3v) is 5.91. The zero-order valence-corrected chi connectivity index (χ0v) is 16.0. The van der Waals surface area contributed by atoms with Crippen LogP contribution in [-0.4, -0.2) is 79.9 Å². The molecule has 148 valence electrons. The van der Waals surface area contributed by atoms with Crippen molar-refractivity contribution in [2.24, 2.45) is 5.92 Å². The van der Waals surface area contributed by atoms with Gasteiger partial charge < -0.3 is 24.6 Å². The number of amides is 3. The summed E-state index contributed by atoms with van der Waals surface area (Å²) in [7, 11) is 0. The van der Waals surface area contributed by atoms with Gasteiger partial charge in [0.2, 0.25) is 5.91 Å². The first-order chi connectivity index (χ1) is 12.6. The van der Waals surface area contributed by atoms with E-state index in [2.05, 4.69) is 5.32 Å². The van der Waals surface area contributed by atoms with E-state index in [9.17, 15) is 9.59 Å². The molecule has 0 aromatic carbocycles. The average molecular weight is 367 g/mol. The Morgan fingerprint density at radius 3 is 2.77 bits per heavy atom. The number of nitrogens with zero attached hydrogens (tertiary/aromatic N) is 2. The van der Waals surface area contributed by atoms with Gasteiger partial charge in [-0.25, -0.2) is 4.79 Å². The maximum Gasteiger partial charge on any atom is 0.317 e. The average Bonchev–Trinajstić information content (AvgIpc) is 3.11. The molecule has 7 nitrogen and oxygen atoms in total. The minimum absolute atomic E-state index is 0.00191. The fourth-order valence-electron chi connectivity index (χ4n) is 4.10. The first-order valence-corrected chi connectivity index (χ1v) is 10.1. The predicted octanol–water partition coefficient (Wildman–Crippen LogP) is 1.62. The molecule has 1 unspecified atom stereocenters. The van der Waals surface area contributed by atoms with E-state index >= 15 is 0 Å². The Morgan fingerprint density at radius 2 is 2.08 bits per heavy atom. The second-order valence-electron chi connectivity index (χ2n) is 7.83. The molecule has 3 aliphatic heterocycles. The first kappa shape index (κ1) is 19.4. The van der Waals surface area contributed by atoms with E-state index in [0.29, 0.717) is 45.1 Å². The number of rotatable bonds is 5. The number of urea groups is 1. The topological polar surface area (TPSA) is 71.1 Å². The van der Waals surface area contributed by atoms with Crippen molar-refractivity contribution in [1.82, 2.24) is 15.1 Å². The van der Waals surface area contributed by atoms with Crippen LogP contribution < -0.4 is 5.32 Å². The lowest BCUT2D eigenvalue weighted by molar-refractivity contribution is -0.135. The highest BCUT2D eigenvalue weighted by Gasteiger charge is 2.41. The van der Waals surface area contributed by atoms with Gasteiger partial charge in [-0.1, -0.05) is 6.92 Å². The van der Waals surface area contributed by atoms with Gasteiger partial charge in [-0.3, -0.25) is 4.79 Å². The number of ether oxygens (including phenoxy) is 2. The fourth-order valence-corrected chi connectivity index (χ4v) is 4.10. The third kappa shape index (κ3) is 4.88. The van der Waals surface area contributed by atoms with Gasteiger partial charge in [0, 0.05) is 45.9 Å². The van der Waals surface area contributed by atoms with Gasteiger partial charge in [-0.05, 0) is 38.0 Å². The number of carbonyl (C=O) groups excluding carboxylic acids is 2. The molecule has 3 aliphatic rings. The van der Waals surface area contributed by atoms with E-state index in [0.717, 1.165) is 51.9 Å². The summed E-state index contributed by atoms with van der Waals surface area (Å²) in [4.78, 5) is 28.7. The van der Waals surface area contributed by atoms with E-state index < -0.39 is 0 Å². The highest BCUT2D eigenvalue weighted by molar-refractivity contribution is 5.78. The summed E-state index contributed by atoms with van der Waals surface area (Å²) in [6.07, 6.45) is 4.98. The van der Waals surface area contributed by atoms with Gasteiger partial charge in [0.15, 0.2) is 0 Å². The van der Waals surface area contributed by atoms with Crippen LogP contribution in [0.2, 0.25) is 0 Å². The van der Waals surface area contributed by atoms with E-state index in [1.807, 2.05) is 16.7 Å². The third-order valence-electron chi connectivity index (χ3n) is 5.91. The highest BCUT2D eigenvalue weighted by Crippen LogP contribution is 2.32. The second-order valence-corrected chi connectivity index (χ2v) is 7.83. The highest BCUT2D eigenvalue weighted by atomic mass is 16.5. The van der Waals surface area contributed by atoms with Crippen LogP contribution in [-0.2, 0) is 14.3 Å². The summed E-state index contributed by atoms with van der Waals surface area (Å²) in [6, 6.07) is 0.00191. The first-order valence-electron chi connectivity index (χ1n) is 10.1. The van der Waals surface area contributed by atoms with Crippen LogP contribution in [0, 0.1) is 5.92 Å². The molecule has 7 heteroatoms. The molecule has 0 bridgehead atoms. The minimum atomic E-state index is -0.385. The molecule has 26 heavy (non-hydrogen) atoms. The van der Waals surface area contributed by atoms with Crippen LogP contribution in [0.4, 0.5) is 4.79 Å². The fraction of sp³-hybridized carbons (Fsp3) is 0.895. The Bertz CT molecular complexity index is 485. The van der Waals surface area contributed by atoms with Crippen LogP contribution in [0.15, 0.2) is 0 Å². The number of piperidine rings is 1. The summed E-state index contributed by atoms with van der Waals surface area (Å²) in [5.74, 6) is 0.788. The SMILES string of the molecule is CCCNC(=O)N1CCC2(CC1)CC(=O)N(CCC1CCOC1)CCO2. The molecular formula is C19H33N3O4. The molecule has 0 radical (unpaired) electrons. The molecule has 3 amide bonds. The van der Waals surface area contributed by atoms with Crippen LogP contribution in [0.1, 0.15) is 45.4 Å². The van der Waals surface area contributed by atoms with Gasteiger partial charge in [0.05, 0.1) is 18.6 Å². The van der Waals surface area contributed by atoms with Gasteiger partial charge in [-0.2, -0.15) is 0 Å². The molecule has 1 atom stereocenters. The molecule has 0 saturated carbocycles. The van der Waals surface area contributed by atoms with Crippen molar-refractivity contribution in [3.8, 4) is 0 Å². The predicted molar refractivity (Wildman–Crippen MR) is 97.9 cm³/mol. The number of hydrogen-bond acceptors (Lipinski definition) is 4. The van der Waals surface area contributed by atoms with Gasteiger partial charge in [0.25, 0.3) is 0 Å². The number of nitrogens with one attached hydrogen (secondary N) is 1. The normalized spacial score (nSPS) is 26.2. The van der Waals surface area contributed by atoms with Crippen LogP contribution >= 0.6 is 0 Å². The Balaban J connectivity index is 1.47. The summed E-state index contributed by atoms with van der Waals surface area (Å²) in [6.45, 7) is 7.82.